The lowest BCUT2D eigenvalue weighted by Crippen LogP contribution is -2.10. The topological polar surface area (TPSA) is 29.5 Å². The van der Waals surface area contributed by atoms with Crippen molar-refractivity contribution in [2.24, 2.45) is 0 Å². The van der Waals surface area contributed by atoms with Gasteiger partial charge in [0.25, 0.3) is 0 Å². The summed E-state index contributed by atoms with van der Waals surface area (Å²) in [5.41, 5.74) is 20.5. The Kier molecular flexibility index (Phi) is 9.84. The molecule has 0 saturated heterocycles. The summed E-state index contributed by atoms with van der Waals surface area (Å²) in [7, 11) is 0. The lowest BCUT2D eigenvalue weighted by Gasteiger charge is -2.27. The van der Waals surface area contributed by atoms with Crippen molar-refractivity contribution < 1.29 is 8.83 Å². The Bertz CT molecular complexity index is 3810. The highest BCUT2D eigenvalue weighted by molar-refractivity contribution is 6.10. The van der Waals surface area contributed by atoms with Gasteiger partial charge in [-0.2, -0.15) is 0 Å². The van der Waals surface area contributed by atoms with E-state index >= 15 is 0 Å². The molecule has 0 bridgehead atoms. The Morgan fingerprint density at radius 1 is 0.217 bits per heavy atom. The van der Waals surface area contributed by atoms with E-state index in [2.05, 4.69) is 241 Å². The third-order valence-corrected chi connectivity index (χ3v) is 13.5. The molecule has 0 N–H and O–H groups in total. The maximum atomic E-state index is 6.42. The van der Waals surface area contributed by atoms with Crippen molar-refractivity contribution >= 4 is 60.9 Å². The minimum absolute atomic E-state index is 0.903. The van der Waals surface area contributed by atoms with Crippen LogP contribution in [0.3, 0.4) is 0 Å². The zero-order valence-corrected chi connectivity index (χ0v) is 37.6. The predicted molar refractivity (Wildman–Crippen MR) is 288 cm³/mol. The summed E-state index contributed by atoms with van der Waals surface area (Å²) >= 11 is 0. The highest BCUT2D eigenvalue weighted by Gasteiger charge is 2.18. The molecule has 3 heteroatoms. The van der Waals surface area contributed by atoms with Crippen LogP contribution in [0.1, 0.15) is 0 Å². The van der Waals surface area contributed by atoms with Gasteiger partial charge in [-0.25, -0.2) is 0 Å². The third kappa shape index (κ3) is 7.34. The Hall–Kier alpha value is -9.18. The first kappa shape index (κ1) is 40.1. The summed E-state index contributed by atoms with van der Waals surface area (Å²) in [5.74, 6) is 0. The van der Waals surface area contributed by atoms with Crippen LogP contribution in [0, 0.1) is 0 Å². The van der Waals surface area contributed by atoms with Crippen LogP contribution in [0.2, 0.25) is 0 Å². The molecule has 0 radical (unpaired) electrons. The van der Waals surface area contributed by atoms with Gasteiger partial charge in [0.15, 0.2) is 0 Å². The minimum Gasteiger partial charge on any atom is -0.455 e. The number of furan rings is 2. The first-order valence-electron chi connectivity index (χ1n) is 23.5. The molecule has 0 aliphatic rings. The van der Waals surface area contributed by atoms with Crippen LogP contribution < -0.4 is 4.90 Å². The van der Waals surface area contributed by atoms with Gasteiger partial charge in [-0.15, -0.1) is 0 Å². The average molecular weight is 882 g/mol. The largest absolute Gasteiger partial charge is 0.455 e. The molecule has 324 valence electrons. The van der Waals surface area contributed by atoms with Crippen molar-refractivity contribution in [3.8, 4) is 66.8 Å². The summed E-state index contributed by atoms with van der Waals surface area (Å²) in [4.78, 5) is 2.38. The molecule has 0 aliphatic heterocycles. The van der Waals surface area contributed by atoms with E-state index in [1.54, 1.807) is 0 Å². The van der Waals surface area contributed by atoms with Crippen LogP contribution in [0.15, 0.2) is 270 Å². The van der Waals surface area contributed by atoms with E-state index in [1.165, 1.54) is 11.1 Å². The maximum Gasteiger partial charge on any atom is 0.143 e. The second-order valence-corrected chi connectivity index (χ2v) is 17.6. The first-order chi connectivity index (χ1) is 34.2. The lowest BCUT2D eigenvalue weighted by atomic mass is 9.97. The first-order valence-corrected chi connectivity index (χ1v) is 23.5. The van der Waals surface area contributed by atoms with E-state index in [0.717, 1.165) is 117 Å². The number of nitrogens with zero attached hydrogens (tertiary/aromatic N) is 1. The van der Waals surface area contributed by atoms with Crippen LogP contribution in [-0.4, -0.2) is 0 Å². The fourth-order valence-corrected chi connectivity index (χ4v) is 10.1. The van der Waals surface area contributed by atoms with Crippen molar-refractivity contribution in [1.29, 1.82) is 0 Å². The number of hydrogen-bond donors (Lipinski definition) is 0. The summed E-state index contributed by atoms with van der Waals surface area (Å²) in [6, 6.07) is 93.1. The quantitative estimate of drug-likeness (QED) is 0.145. The maximum absolute atomic E-state index is 6.42. The van der Waals surface area contributed by atoms with Gasteiger partial charge in [0.05, 0.1) is 0 Å². The Balaban J connectivity index is 0.881. The number of para-hydroxylation sites is 4. The fraction of sp³-hybridized carbons (Fsp3) is 0. The summed E-state index contributed by atoms with van der Waals surface area (Å²) in [6.45, 7) is 0. The van der Waals surface area contributed by atoms with E-state index < -0.39 is 0 Å². The molecule has 3 nitrogen and oxygen atoms in total. The molecule has 13 rings (SSSR count). The van der Waals surface area contributed by atoms with Gasteiger partial charge < -0.3 is 13.7 Å². The molecule has 0 amide bonds. The molecule has 69 heavy (non-hydrogen) atoms. The highest BCUT2D eigenvalue weighted by atomic mass is 16.3. The van der Waals surface area contributed by atoms with Gasteiger partial charge in [-0.05, 0) is 110 Å². The summed E-state index contributed by atoms with van der Waals surface area (Å²) in [5, 5.41) is 4.53. The Labute approximate surface area is 400 Å². The van der Waals surface area contributed by atoms with Crippen molar-refractivity contribution in [2.75, 3.05) is 4.90 Å². The standard InChI is InChI=1S/C66H43NO2/c1-2-14-44(15-3-1)49-16-8-17-50(40-49)53-20-11-23-56(43-53)67(54-21-9-18-51(41-54)45-32-36-47(37-33-45)57-26-12-28-61-59-24-4-6-30-63(59)68-65(57)61)55-22-10-19-52(42-55)46-34-38-48(39-35-46)58-27-13-29-62-60-25-5-7-31-64(60)69-66(58)62/h1-43H. The minimum atomic E-state index is 0.903. The van der Waals surface area contributed by atoms with Crippen molar-refractivity contribution in [3.63, 3.8) is 0 Å². The zero-order valence-electron chi connectivity index (χ0n) is 37.6. The van der Waals surface area contributed by atoms with E-state index in [1.807, 2.05) is 24.3 Å². The number of benzene rings is 11. The molecule has 0 saturated carbocycles. The van der Waals surface area contributed by atoms with E-state index in [4.69, 9.17) is 8.83 Å². The van der Waals surface area contributed by atoms with Gasteiger partial charge in [0.2, 0.25) is 0 Å². The molecule has 2 heterocycles. The van der Waals surface area contributed by atoms with Crippen molar-refractivity contribution in [3.05, 3.63) is 261 Å². The van der Waals surface area contributed by atoms with E-state index in [9.17, 15) is 0 Å². The van der Waals surface area contributed by atoms with Crippen LogP contribution in [0.4, 0.5) is 17.1 Å². The van der Waals surface area contributed by atoms with Crippen LogP contribution in [0.5, 0.6) is 0 Å². The molecule has 11 aromatic carbocycles. The van der Waals surface area contributed by atoms with Crippen molar-refractivity contribution in [1.82, 2.24) is 0 Å². The van der Waals surface area contributed by atoms with E-state index in [0.29, 0.717) is 0 Å². The van der Waals surface area contributed by atoms with Crippen LogP contribution in [-0.2, 0) is 0 Å². The second-order valence-electron chi connectivity index (χ2n) is 17.6. The van der Waals surface area contributed by atoms with Crippen molar-refractivity contribution in [2.45, 2.75) is 0 Å². The van der Waals surface area contributed by atoms with Crippen LogP contribution >= 0.6 is 0 Å². The van der Waals surface area contributed by atoms with Gasteiger partial charge >= 0.3 is 0 Å². The molecule has 0 fully saturated rings. The molecule has 0 spiro atoms. The van der Waals surface area contributed by atoms with E-state index in [-0.39, 0.29) is 0 Å². The monoisotopic (exact) mass is 881 g/mol. The third-order valence-electron chi connectivity index (χ3n) is 13.5. The molecule has 0 aliphatic carbocycles. The Morgan fingerprint density at radius 2 is 0.536 bits per heavy atom. The van der Waals surface area contributed by atoms with Crippen LogP contribution in [0.25, 0.3) is 111 Å². The molecule has 0 atom stereocenters. The second kappa shape index (κ2) is 16.9. The molecule has 0 unspecified atom stereocenters. The zero-order chi connectivity index (χ0) is 45.7. The smallest absolute Gasteiger partial charge is 0.143 e. The summed E-state index contributed by atoms with van der Waals surface area (Å²) < 4.78 is 12.8. The van der Waals surface area contributed by atoms with Gasteiger partial charge in [0.1, 0.15) is 22.3 Å². The van der Waals surface area contributed by atoms with Gasteiger partial charge in [0, 0.05) is 49.7 Å². The number of anilines is 3. The summed E-state index contributed by atoms with van der Waals surface area (Å²) in [6.07, 6.45) is 0. The fourth-order valence-electron chi connectivity index (χ4n) is 10.1. The molecule has 13 aromatic rings. The number of fused-ring (bicyclic) bond motifs is 6. The highest BCUT2D eigenvalue weighted by Crippen LogP contribution is 2.42. The van der Waals surface area contributed by atoms with Gasteiger partial charge in [-0.1, -0.05) is 206 Å². The lowest BCUT2D eigenvalue weighted by molar-refractivity contribution is 0.669. The Morgan fingerprint density at radius 3 is 1.01 bits per heavy atom. The normalized spacial score (nSPS) is 11.5. The molecule has 2 aromatic heterocycles. The SMILES string of the molecule is c1ccc(-c2cccc(-c3cccc(N(c4cccc(-c5ccc(-c6cccc7c6oc6ccccc67)cc5)c4)c4cccc(-c5ccc(-c6cccc7c6oc6ccccc67)cc5)c4)c3)c2)cc1. The molecular formula is C66H43NO2. The average Bonchev–Trinajstić information content (AvgIpc) is 4.01. The predicted octanol–water partition coefficient (Wildman–Crippen LogP) is 19.0. The number of rotatable bonds is 9. The number of hydrogen-bond acceptors (Lipinski definition) is 3. The van der Waals surface area contributed by atoms with Gasteiger partial charge in [-0.3, -0.25) is 0 Å². The molecular weight excluding hydrogens is 839 g/mol.